The molecule has 0 amide bonds. The summed E-state index contributed by atoms with van der Waals surface area (Å²) in [5.74, 6) is 6.35. The smallest absolute Gasteiger partial charge is 0.0279 e. The molecule has 0 radical (unpaired) electrons. The molecule has 1 aliphatic carbocycles. The molecule has 0 heterocycles. The van der Waals surface area contributed by atoms with Gasteiger partial charge in [0.2, 0.25) is 0 Å². The monoisotopic (exact) mass is 190 g/mol. The molecule has 0 saturated heterocycles. The van der Waals surface area contributed by atoms with Crippen LogP contribution in [-0.2, 0) is 6.42 Å². The van der Waals surface area contributed by atoms with Gasteiger partial charge in [0, 0.05) is 6.04 Å². The molecule has 14 heavy (non-hydrogen) atoms. The molecular formula is C12H18N2. The molecule has 1 saturated carbocycles. The predicted molar refractivity (Wildman–Crippen MR) is 58.7 cm³/mol. The fraction of sp³-hybridized carbons (Fsp3) is 0.500. The molecule has 76 valence electrons. The third-order valence-electron chi connectivity index (χ3n) is 2.98. The molecule has 1 aliphatic rings. The maximum absolute atomic E-state index is 5.54. The summed E-state index contributed by atoms with van der Waals surface area (Å²) in [4.78, 5) is 0. The first-order valence-electron chi connectivity index (χ1n) is 5.31. The molecule has 1 aromatic rings. The van der Waals surface area contributed by atoms with Gasteiger partial charge in [0.1, 0.15) is 0 Å². The van der Waals surface area contributed by atoms with Crippen LogP contribution < -0.4 is 11.3 Å². The average Bonchev–Trinajstić information content (AvgIpc) is 3.01. The van der Waals surface area contributed by atoms with Gasteiger partial charge >= 0.3 is 0 Å². The van der Waals surface area contributed by atoms with Crippen LogP contribution in [0.15, 0.2) is 24.3 Å². The van der Waals surface area contributed by atoms with Crippen LogP contribution in [0.1, 0.15) is 24.0 Å². The lowest BCUT2D eigenvalue weighted by Crippen LogP contribution is -2.38. The number of hydrazine groups is 1. The van der Waals surface area contributed by atoms with Crippen LogP contribution in [0.25, 0.3) is 0 Å². The Bertz CT molecular complexity index is 288. The van der Waals surface area contributed by atoms with Gasteiger partial charge < -0.3 is 0 Å². The van der Waals surface area contributed by atoms with Crippen molar-refractivity contribution in [1.82, 2.24) is 5.43 Å². The van der Waals surface area contributed by atoms with E-state index in [-0.39, 0.29) is 0 Å². The van der Waals surface area contributed by atoms with Crippen LogP contribution >= 0.6 is 0 Å². The maximum Gasteiger partial charge on any atom is 0.0279 e. The van der Waals surface area contributed by atoms with E-state index in [1.54, 1.807) is 0 Å². The summed E-state index contributed by atoms with van der Waals surface area (Å²) >= 11 is 0. The van der Waals surface area contributed by atoms with E-state index >= 15 is 0 Å². The van der Waals surface area contributed by atoms with Gasteiger partial charge in [-0.1, -0.05) is 29.8 Å². The van der Waals surface area contributed by atoms with Gasteiger partial charge in [0.25, 0.3) is 0 Å². The van der Waals surface area contributed by atoms with Crippen molar-refractivity contribution in [2.45, 2.75) is 32.2 Å². The van der Waals surface area contributed by atoms with Crippen LogP contribution in [0.4, 0.5) is 0 Å². The second kappa shape index (κ2) is 4.11. The summed E-state index contributed by atoms with van der Waals surface area (Å²) in [6.07, 6.45) is 3.73. The molecule has 2 heteroatoms. The number of benzene rings is 1. The second-order valence-corrected chi connectivity index (χ2v) is 4.30. The second-order valence-electron chi connectivity index (χ2n) is 4.30. The molecule has 1 unspecified atom stereocenters. The van der Waals surface area contributed by atoms with Crippen molar-refractivity contribution in [2.75, 3.05) is 0 Å². The minimum Gasteiger partial charge on any atom is -0.271 e. The number of nitrogens with one attached hydrogen (secondary N) is 1. The van der Waals surface area contributed by atoms with E-state index in [9.17, 15) is 0 Å². The van der Waals surface area contributed by atoms with Gasteiger partial charge in [-0.2, -0.15) is 0 Å². The quantitative estimate of drug-likeness (QED) is 0.561. The molecule has 0 bridgehead atoms. The van der Waals surface area contributed by atoms with Crippen molar-refractivity contribution in [3.63, 3.8) is 0 Å². The average molecular weight is 190 g/mol. The van der Waals surface area contributed by atoms with Crippen molar-refractivity contribution in [1.29, 1.82) is 0 Å². The molecule has 1 aromatic carbocycles. The van der Waals surface area contributed by atoms with Gasteiger partial charge in [-0.05, 0) is 37.7 Å². The normalized spacial score (nSPS) is 18.1. The van der Waals surface area contributed by atoms with Gasteiger partial charge in [-0.3, -0.25) is 11.3 Å². The Hall–Kier alpha value is -0.860. The van der Waals surface area contributed by atoms with Crippen LogP contribution in [-0.4, -0.2) is 6.04 Å². The first-order chi connectivity index (χ1) is 6.79. The van der Waals surface area contributed by atoms with Gasteiger partial charge in [0.15, 0.2) is 0 Å². The predicted octanol–water partition coefficient (Wildman–Crippen LogP) is 1.78. The standard InChI is InChI=1S/C12H18N2/c1-9-2-4-10(5-3-9)8-12(14-13)11-6-7-11/h2-5,11-12,14H,6-8,13H2,1H3. The largest absolute Gasteiger partial charge is 0.271 e. The highest BCUT2D eigenvalue weighted by Crippen LogP contribution is 2.33. The van der Waals surface area contributed by atoms with E-state index in [1.807, 2.05) is 0 Å². The molecule has 2 rings (SSSR count). The fourth-order valence-corrected chi connectivity index (χ4v) is 1.84. The summed E-state index contributed by atoms with van der Waals surface area (Å²) in [6.45, 7) is 2.11. The molecule has 1 fully saturated rings. The highest BCUT2D eigenvalue weighted by molar-refractivity contribution is 5.22. The number of hydrogen-bond acceptors (Lipinski definition) is 2. The Morgan fingerprint density at radius 3 is 2.50 bits per heavy atom. The lowest BCUT2D eigenvalue weighted by Gasteiger charge is -2.14. The third kappa shape index (κ3) is 2.34. The van der Waals surface area contributed by atoms with Gasteiger partial charge in [-0.15, -0.1) is 0 Å². The Morgan fingerprint density at radius 2 is 2.00 bits per heavy atom. The van der Waals surface area contributed by atoms with Crippen molar-refractivity contribution in [3.8, 4) is 0 Å². The topological polar surface area (TPSA) is 38.0 Å². The first-order valence-corrected chi connectivity index (χ1v) is 5.31. The van der Waals surface area contributed by atoms with E-state index in [2.05, 4.69) is 36.6 Å². The first kappa shape index (κ1) is 9.69. The number of hydrogen-bond donors (Lipinski definition) is 2. The van der Waals surface area contributed by atoms with E-state index in [4.69, 9.17) is 5.84 Å². The van der Waals surface area contributed by atoms with Crippen LogP contribution in [0, 0.1) is 12.8 Å². The zero-order valence-electron chi connectivity index (χ0n) is 8.66. The Morgan fingerprint density at radius 1 is 1.36 bits per heavy atom. The van der Waals surface area contributed by atoms with E-state index in [1.165, 1.54) is 24.0 Å². The Labute approximate surface area is 85.5 Å². The van der Waals surface area contributed by atoms with Crippen LogP contribution in [0.5, 0.6) is 0 Å². The fourth-order valence-electron chi connectivity index (χ4n) is 1.84. The summed E-state index contributed by atoms with van der Waals surface area (Å²) in [6, 6.07) is 9.19. The number of rotatable bonds is 4. The van der Waals surface area contributed by atoms with E-state index in [0.29, 0.717) is 6.04 Å². The zero-order valence-corrected chi connectivity index (χ0v) is 8.66. The van der Waals surface area contributed by atoms with Crippen molar-refractivity contribution in [3.05, 3.63) is 35.4 Å². The summed E-state index contributed by atoms with van der Waals surface area (Å²) in [7, 11) is 0. The lowest BCUT2D eigenvalue weighted by atomic mass is 10.0. The van der Waals surface area contributed by atoms with Crippen molar-refractivity contribution < 1.29 is 0 Å². The molecule has 0 aliphatic heterocycles. The van der Waals surface area contributed by atoms with Crippen molar-refractivity contribution >= 4 is 0 Å². The minimum atomic E-state index is 0.470. The van der Waals surface area contributed by atoms with E-state index < -0.39 is 0 Å². The van der Waals surface area contributed by atoms with Crippen molar-refractivity contribution in [2.24, 2.45) is 11.8 Å². The molecule has 2 nitrogen and oxygen atoms in total. The highest BCUT2D eigenvalue weighted by atomic mass is 15.2. The zero-order chi connectivity index (χ0) is 9.97. The molecular weight excluding hydrogens is 172 g/mol. The highest BCUT2D eigenvalue weighted by Gasteiger charge is 2.30. The van der Waals surface area contributed by atoms with Gasteiger partial charge in [-0.25, -0.2) is 0 Å². The van der Waals surface area contributed by atoms with Crippen LogP contribution in [0.3, 0.4) is 0 Å². The SMILES string of the molecule is Cc1ccc(CC(NN)C2CC2)cc1. The molecule has 0 spiro atoms. The van der Waals surface area contributed by atoms with E-state index in [0.717, 1.165) is 12.3 Å². The lowest BCUT2D eigenvalue weighted by molar-refractivity contribution is 0.472. The molecule has 0 aromatic heterocycles. The Kier molecular flexibility index (Phi) is 2.85. The summed E-state index contributed by atoms with van der Waals surface area (Å²) < 4.78 is 0. The maximum atomic E-state index is 5.54. The van der Waals surface area contributed by atoms with Gasteiger partial charge in [0.05, 0.1) is 0 Å². The number of aryl methyl sites for hydroxylation is 1. The molecule has 3 N–H and O–H groups in total. The molecule has 1 atom stereocenters. The number of nitrogens with two attached hydrogens (primary N) is 1. The minimum absolute atomic E-state index is 0.470. The third-order valence-corrected chi connectivity index (χ3v) is 2.98. The Balaban J connectivity index is 1.98. The summed E-state index contributed by atoms with van der Waals surface area (Å²) in [5.41, 5.74) is 5.62. The summed E-state index contributed by atoms with van der Waals surface area (Å²) in [5, 5.41) is 0. The van der Waals surface area contributed by atoms with Crippen LogP contribution in [0.2, 0.25) is 0 Å².